The first-order valence-electron chi connectivity index (χ1n) is 26.1. The Bertz CT molecular complexity index is 1240. The van der Waals surface area contributed by atoms with Gasteiger partial charge < -0.3 is 14.2 Å². The maximum absolute atomic E-state index is 12.8. The van der Waals surface area contributed by atoms with Crippen molar-refractivity contribution in [1.82, 2.24) is 0 Å². The van der Waals surface area contributed by atoms with Crippen LogP contribution in [0.2, 0.25) is 0 Å². The molecule has 63 heavy (non-hydrogen) atoms. The average Bonchev–Trinajstić information content (AvgIpc) is 3.28. The van der Waals surface area contributed by atoms with Gasteiger partial charge in [0.15, 0.2) is 6.10 Å². The quantitative estimate of drug-likeness (QED) is 0.0262. The number of rotatable bonds is 46. The number of carbonyl (C=O) groups excluding carboxylic acids is 3. The molecule has 0 amide bonds. The van der Waals surface area contributed by atoms with Crippen LogP contribution < -0.4 is 0 Å². The molecular weight excluding hydrogens is 781 g/mol. The van der Waals surface area contributed by atoms with E-state index in [9.17, 15) is 14.4 Å². The number of hydrogen-bond donors (Lipinski definition) is 0. The highest BCUT2D eigenvalue weighted by Gasteiger charge is 2.19. The summed E-state index contributed by atoms with van der Waals surface area (Å²) < 4.78 is 16.7. The van der Waals surface area contributed by atoms with Gasteiger partial charge >= 0.3 is 17.9 Å². The highest BCUT2D eigenvalue weighted by atomic mass is 16.6. The number of hydrogen-bond acceptors (Lipinski definition) is 6. The van der Waals surface area contributed by atoms with Gasteiger partial charge in [-0.15, -0.1) is 0 Å². The molecule has 0 unspecified atom stereocenters. The summed E-state index contributed by atoms with van der Waals surface area (Å²) in [5.41, 5.74) is 0. The molecule has 0 heterocycles. The summed E-state index contributed by atoms with van der Waals surface area (Å²) in [7, 11) is 0. The third-order valence-corrected chi connectivity index (χ3v) is 10.9. The maximum atomic E-state index is 12.8. The molecule has 0 aliphatic heterocycles. The zero-order valence-electron chi connectivity index (χ0n) is 41.1. The van der Waals surface area contributed by atoms with Crippen molar-refractivity contribution >= 4 is 17.9 Å². The molecule has 0 radical (unpaired) electrons. The standard InChI is InChI=1S/C57H96O6/c1-4-7-10-13-16-19-22-24-26-27-28-29-31-32-35-38-41-44-47-50-56(59)62-53-54(52-61-55(58)49-46-43-40-37-34-21-18-15-12-9-6-3)63-57(60)51-48-45-42-39-36-33-30-25-23-20-17-14-11-8-5-2/h7,10,16,19,24-26,28-30,32,35,41,44,54H,4-6,8-9,11-15,17-18,20-23,27,31,33-34,36-40,42-43,45-53H2,1-3H3/b10-7-,19-16-,26-24-,29-28-,30-25-,35-32-,44-41-/t54-/m0/s1. The summed E-state index contributed by atoms with van der Waals surface area (Å²) in [6, 6.07) is 0. The van der Waals surface area contributed by atoms with Gasteiger partial charge in [-0.25, -0.2) is 0 Å². The van der Waals surface area contributed by atoms with Gasteiger partial charge in [-0.3, -0.25) is 14.4 Å². The van der Waals surface area contributed by atoms with Crippen LogP contribution in [0.25, 0.3) is 0 Å². The molecule has 0 saturated heterocycles. The lowest BCUT2D eigenvalue weighted by atomic mass is 10.1. The summed E-state index contributed by atoms with van der Waals surface area (Å²) in [5.74, 6) is -0.999. The lowest BCUT2D eigenvalue weighted by Crippen LogP contribution is -2.30. The predicted octanol–water partition coefficient (Wildman–Crippen LogP) is 17.2. The van der Waals surface area contributed by atoms with Gasteiger partial charge in [0.25, 0.3) is 0 Å². The Balaban J connectivity index is 4.49. The van der Waals surface area contributed by atoms with Crippen LogP contribution in [0.5, 0.6) is 0 Å². The van der Waals surface area contributed by atoms with Gasteiger partial charge in [0.05, 0.1) is 0 Å². The highest BCUT2D eigenvalue weighted by molar-refractivity contribution is 5.71. The molecule has 6 nitrogen and oxygen atoms in total. The molecule has 0 N–H and O–H groups in total. The van der Waals surface area contributed by atoms with E-state index in [1.807, 2.05) is 6.08 Å². The van der Waals surface area contributed by atoms with Crippen LogP contribution >= 0.6 is 0 Å². The minimum atomic E-state index is -0.809. The van der Waals surface area contributed by atoms with Crippen LogP contribution in [0.1, 0.15) is 239 Å². The SMILES string of the molecule is CC/C=C\C/C=C\C/C=C\C/C=C\C/C=C\C/C=C\CCC(=O)OC[C@H](COC(=O)CCCCCCCCCCCCC)OC(=O)CCCCCCC/C=C\CCCCCCCC. The summed E-state index contributed by atoms with van der Waals surface area (Å²) in [6.07, 6.45) is 65.8. The largest absolute Gasteiger partial charge is 0.462 e. The first-order chi connectivity index (χ1) is 31.0. The van der Waals surface area contributed by atoms with Crippen molar-refractivity contribution < 1.29 is 28.6 Å². The fraction of sp³-hybridized carbons (Fsp3) is 0.702. The number of carbonyl (C=O) groups is 3. The van der Waals surface area contributed by atoms with E-state index in [0.717, 1.165) is 89.9 Å². The van der Waals surface area contributed by atoms with Gasteiger partial charge in [-0.1, -0.05) is 221 Å². The fourth-order valence-corrected chi connectivity index (χ4v) is 6.99. The zero-order chi connectivity index (χ0) is 45.8. The van der Waals surface area contributed by atoms with Crippen LogP contribution in [0, 0.1) is 0 Å². The van der Waals surface area contributed by atoms with E-state index >= 15 is 0 Å². The molecule has 360 valence electrons. The summed E-state index contributed by atoms with van der Waals surface area (Å²) in [4.78, 5) is 37.9. The monoisotopic (exact) mass is 877 g/mol. The third kappa shape index (κ3) is 49.5. The van der Waals surface area contributed by atoms with Gasteiger partial charge in [0, 0.05) is 19.3 Å². The van der Waals surface area contributed by atoms with E-state index in [2.05, 4.69) is 99.8 Å². The maximum Gasteiger partial charge on any atom is 0.306 e. The smallest absolute Gasteiger partial charge is 0.306 e. The molecule has 0 aliphatic rings. The molecular formula is C57H96O6. The Labute approximate surface area is 388 Å². The van der Waals surface area contributed by atoms with Gasteiger partial charge in [0.1, 0.15) is 13.2 Å². The molecule has 0 rings (SSSR count). The van der Waals surface area contributed by atoms with E-state index in [-0.39, 0.29) is 37.5 Å². The van der Waals surface area contributed by atoms with Crippen LogP contribution in [0.4, 0.5) is 0 Å². The molecule has 6 heteroatoms. The highest BCUT2D eigenvalue weighted by Crippen LogP contribution is 2.14. The van der Waals surface area contributed by atoms with Gasteiger partial charge in [-0.2, -0.15) is 0 Å². The Morgan fingerprint density at radius 2 is 0.651 bits per heavy atom. The van der Waals surface area contributed by atoms with Gasteiger partial charge in [0.2, 0.25) is 0 Å². The molecule has 1 atom stereocenters. The van der Waals surface area contributed by atoms with Crippen LogP contribution in [-0.2, 0) is 28.6 Å². The minimum Gasteiger partial charge on any atom is -0.462 e. The predicted molar refractivity (Wildman–Crippen MR) is 270 cm³/mol. The first kappa shape index (κ1) is 59.6. The second-order valence-electron chi connectivity index (χ2n) is 17.1. The van der Waals surface area contributed by atoms with E-state index < -0.39 is 6.10 Å². The second kappa shape index (κ2) is 51.2. The van der Waals surface area contributed by atoms with Crippen molar-refractivity contribution in [3.63, 3.8) is 0 Å². The second-order valence-corrected chi connectivity index (χ2v) is 17.1. The molecule has 0 aromatic rings. The number of allylic oxidation sites excluding steroid dienone is 14. The average molecular weight is 877 g/mol. The Hall–Kier alpha value is -3.41. The number of ether oxygens (including phenoxy) is 3. The van der Waals surface area contributed by atoms with E-state index in [4.69, 9.17) is 14.2 Å². The van der Waals surface area contributed by atoms with E-state index in [1.54, 1.807) is 0 Å². The summed E-state index contributed by atoms with van der Waals surface area (Å²) in [6.45, 7) is 6.44. The molecule has 0 saturated carbocycles. The van der Waals surface area contributed by atoms with Crippen LogP contribution in [-0.4, -0.2) is 37.2 Å². The lowest BCUT2D eigenvalue weighted by molar-refractivity contribution is -0.166. The Morgan fingerprint density at radius 1 is 0.333 bits per heavy atom. The topological polar surface area (TPSA) is 78.9 Å². The molecule has 0 spiro atoms. The minimum absolute atomic E-state index is 0.102. The normalized spacial score (nSPS) is 12.7. The van der Waals surface area contributed by atoms with Crippen LogP contribution in [0.3, 0.4) is 0 Å². The molecule has 0 aromatic carbocycles. The van der Waals surface area contributed by atoms with Crippen molar-refractivity contribution in [2.75, 3.05) is 13.2 Å². The molecule has 0 bridgehead atoms. The molecule has 0 aliphatic carbocycles. The van der Waals surface area contributed by atoms with E-state index in [1.165, 1.54) is 103 Å². The summed E-state index contributed by atoms with van der Waals surface area (Å²) >= 11 is 0. The third-order valence-electron chi connectivity index (χ3n) is 10.9. The molecule has 0 fully saturated rings. The lowest BCUT2D eigenvalue weighted by Gasteiger charge is -2.18. The van der Waals surface area contributed by atoms with Crippen molar-refractivity contribution in [2.24, 2.45) is 0 Å². The molecule has 0 aromatic heterocycles. The van der Waals surface area contributed by atoms with Crippen molar-refractivity contribution in [3.05, 3.63) is 85.1 Å². The van der Waals surface area contributed by atoms with E-state index in [0.29, 0.717) is 19.3 Å². The van der Waals surface area contributed by atoms with Crippen molar-refractivity contribution in [1.29, 1.82) is 0 Å². The first-order valence-corrected chi connectivity index (χ1v) is 26.1. The Morgan fingerprint density at radius 3 is 1.06 bits per heavy atom. The zero-order valence-corrected chi connectivity index (χ0v) is 41.1. The van der Waals surface area contributed by atoms with Crippen LogP contribution in [0.15, 0.2) is 85.1 Å². The summed E-state index contributed by atoms with van der Waals surface area (Å²) in [5, 5.41) is 0. The fourth-order valence-electron chi connectivity index (χ4n) is 6.99. The van der Waals surface area contributed by atoms with Crippen molar-refractivity contribution in [2.45, 2.75) is 245 Å². The van der Waals surface area contributed by atoms with Gasteiger partial charge in [-0.05, 0) is 83.5 Å². The Kier molecular flexibility index (Phi) is 48.5. The van der Waals surface area contributed by atoms with Crippen molar-refractivity contribution in [3.8, 4) is 0 Å². The number of esters is 3. The number of unbranched alkanes of at least 4 members (excludes halogenated alkanes) is 21.